The predicted octanol–water partition coefficient (Wildman–Crippen LogP) is 5.57. The van der Waals surface area contributed by atoms with Crippen molar-refractivity contribution in [3.63, 3.8) is 0 Å². The Morgan fingerprint density at radius 1 is 0.839 bits per heavy atom. The third kappa shape index (κ3) is 4.60. The number of aryl methyl sites for hydroxylation is 2. The number of rotatable bonds is 7. The second kappa shape index (κ2) is 8.88. The maximum absolute atomic E-state index is 12.4. The highest BCUT2D eigenvalue weighted by atomic mass is 32.2. The largest absolute Gasteiger partial charge is 0.443 e. The lowest BCUT2D eigenvalue weighted by molar-refractivity contribution is 0.321. The molecule has 0 unspecified atom stereocenters. The smallest absolute Gasteiger partial charge is 0.296 e. The van der Waals surface area contributed by atoms with Crippen molar-refractivity contribution >= 4 is 10.1 Å². The Morgan fingerprint density at radius 2 is 1.48 bits per heavy atom. The molecule has 1 aromatic heterocycles. The Morgan fingerprint density at radius 3 is 2.19 bits per heavy atom. The average molecular weight is 434 g/mol. The Bertz CT molecular complexity index is 1290. The number of aromatic nitrogens is 1. The van der Waals surface area contributed by atoms with Gasteiger partial charge in [-0.25, -0.2) is 4.98 Å². The first kappa shape index (κ1) is 21.0. The van der Waals surface area contributed by atoms with Crippen molar-refractivity contribution in [2.75, 3.05) is 6.61 Å². The van der Waals surface area contributed by atoms with Gasteiger partial charge in [0.05, 0.1) is 17.2 Å². The minimum atomic E-state index is -3.82. The summed E-state index contributed by atoms with van der Waals surface area (Å²) in [5.41, 5.74) is 5.85. The second-order valence-corrected chi connectivity index (χ2v) is 8.94. The topological polar surface area (TPSA) is 69.4 Å². The minimum Gasteiger partial charge on any atom is -0.443 e. The van der Waals surface area contributed by atoms with E-state index in [0.717, 1.165) is 27.8 Å². The maximum Gasteiger partial charge on any atom is 0.296 e. The number of oxazole rings is 1. The van der Waals surface area contributed by atoms with Gasteiger partial charge in [0.25, 0.3) is 10.1 Å². The molecule has 0 aliphatic heterocycles. The van der Waals surface area contributed by atoms with Crippen molar-refractivity contribution in [2.24, 2.45) is 0 Å². The van der Waals surface area contributed by atoms with E-state index in [9.17, 15) is 8.42 Å². The minimum absolute atomic E-state index is 0.0255. The Kier molecular flexibility index (Phi) is 6.02. The molecule has 31 heavy (non-hydrogen) atoms. The number of benzene rings is 3. The van der Waals surface area contributed by atoms with E-state index in [1.54, 1.807) is 24.3 Å². The molecule has 6 heteroatoms. The zero-order valence-electron chi connectivity index (χ0n) is 17.4. The van der Waals surface area contributed by atoms with Crippen LogP contribution < -0.4 is 0 Å². The predicted molar refractivity (Wildman–Crippen MR) is 120 cm³/mol. The number of nitrogens with zero attached hydrogens (tertiary/aromatic N) is 1. The molecule has 4 rings (SSSR count). The van der Waals surface area contributed by atoms with Gasteiger partial charge in [0.15, 0.2) is 12.2 Å². The molecule has 3 aromatic carbocycles. The van der Waals surface area contributed by atoms with E-state index in [1.807, 2.05) is 43.3 Å². The van der Waals surface area contributed by atoms with Crippen LogP contribution in [0.3, 0.4) is 0 Å². The Balaban J connectivity index is 1.56. The van der Waals surface area contributed by atoms with E-state index in [0.29, 0.717) is 17.9 Å². The molecule has 0 aliphatic carbocycles. The van der Waals surface area contributed by atoms with Crippen molar-refractivity contribution in [2.45, 2.75) is 25.2 Å². The van der Waals surface area contributed by atoms with E-state index in [2.05, 4.69) is 24.0 Å². The van der Waals surface area contributed by atoms with Crippen LogP contribution in [-0.4, -0.2) is 20.0 Å². The van der Waals surface area contributed by atoms with Gasteiger partial charge >= 0.3 is 0 Å². The van der Waals surface area contributed by atoms with E-state index in [-0.39, 0.29) is 11.5 Å². The highest BCUT2D eigenvalue weighted by Gasteiger charge is 2.19. The van der Waals surface area contributed by atoms with Crippen molar-refractivity contribution < 1.29 is 17.0 Å². The molecule has 0 bridgehead atoms. The molecule has 0 aliphatic rings. The average Bonchev–Trinajstić information content (AvgIpc) is 3.23. The van der Waals surface area contributed by atoms with Gasteiger partial charge in [-0.2, -0.15) is 8.42 Å². The van der Waals surface area contributed by atoms with Gasteiger partial charge in [-0.1, -0.05) is 66.2 Å². The normalized spacial score (nSPS) is 11.5. The molecule has 158 valence electrons. The fourth-order valence-corrected chi connectivity index (χ4v) is 4.39. The van der Waals surface area contributed by atoms with E-state index >= 15 is 0 Å². The fourth-order valence-electron chi connectivity index (χ4n) is 3.48. The van der Waals surface area contributed by atoms with Crippen molar-refractivity contribution in [1.82, 2.24) is 4.98 Å². The van der Waals surface area contributed by atoms with Crippen LogP contribution in [0.4, 0.5) is 0 Å². The first-order chi connectivity index (χ1) is 15.0. The summed E-state index contributed by atoms with van der Waals surface area (Å²) >= 11 is 0. The van der Waals surface area contributed by atoms with Gasteiger partial charge in [-0.05, 0) is 42.7 Å². The van der Waals surface area contributed by atoms with E-state index < -0.39 is 10.1 Å². The summed E-state index contributed by atoms with van der Waals surface area (Å²) in [4.78, 5) is 4.45. The van der Waals surface area contributed by atoms with Crippen molar-refractivity contribution in [3.05, 3.63) is 96.0 Å². The molecule has 0 N–H and O–H groups in total. The third-order valence-electron chi connectivity index (χ3n) is 5.14. The molecule has 0 amide bonds. The zero-order chi connectivity index (χ0) is 21.8. The lowest BCUT2D eigenvalue weighted by Gasteiger charge is -2.11. The maximum atomic E-state index is 12.4. The van der Waals surface area contributed by atoms with Crippen LogP contribution >= 0.6 is 0 Å². The van der Waals surface area contributed by atoms with Crippen LogP contribution in [0, 0.1) is 13.8 Å². The summed E-state index contributed by atoms with van der Waals surface area (Å²) < 4.78 is 35.8. The molecule has 0 radical (unpaired) electrons. The first-order valence-corrected chi connectivity index (χ1v) is 11.4. The van der Waals surface area contributed by atoms with Crippen LogP contribution in [0.2, 0.25) is 0 Å². The van der Waals surface area contributed by atoms with Gasteiger partial charge < -0.3 is 4.42 Å². The lowest BCUT2D eigenvalue weighted by Crippen LogP contribution is -2.09. The highest BCUT2D eigenvalue weighted by molar-refractivity contribution is 7.86. The van der Waals surface area contributed by atoms with Gasteiger partial charge in [-0.15, -0.1) is 0 Å². The van der Waals surface area contributed by atoms with Crippen LogP contribution in [0.15, 0.2) is 88.5 Å². The summed E-state index contributed by atoms with van der Waals surface area (Å²) in [5, 5.41) is 0. The molecule has 0 atom stereocenters. The first-order valence-electron chi connectivity index (χ1n) is 9.99. The summed E-state index contributed by atoms with van der Waals surface area (Å²) in [7, 11) is -3.82. The van der Waals surface area contributed by atoms with Gasteiger partial charge in [-0.3, -0.25) is 4.18 Å². The zero-order valence-corrected chi connectivity index (χ0v) is 18.2. The SMILES string of the molecule is Cc1ccc(S(=O)(=O)OCCc2ncoc2-c2ccccc2-c2ccccc2C)cc1. The summed E-state index contributed by atoms with van der Waals surface area (Å²) in [5.74, 6) is 0.621. The number of hydrogen-bond donors (Lipinski definition) is 0. The molecular weight excluding hydrogens is 410 g/mol. The van der Waals surface area contributed by atoms with Crippen molar-refractivity contribution in [1.29, 1.82) is 0 Å². The lowest BCUT2D eigenvalue weighted by atomic mass is 9.94. The van der Waals surface area contributed by atoms with Crippen molar-refractivity contribution in [3.8, 4) is 22.5 Å². The monoisotopic (exact) mass is 433 g/mol. The molecule has 5 nitrogen and oxygen atoms in total. The van der Waals surface area contributed by atoms with Crippen LogP contribution in [0.25, 0.3) is 22.5 Å². The summed E-state index contributed by atoms with van der Waals surface area (Å²) in [6.45, 7) is 3.94. The molecule has 1 heterocycles. The molecule has 0 saturated heterocycles. The summed E-state index contributed by atoms with van der Waals surface area (Å²) in [6.07, 6.45) is 1.69. The van der Waals surface area contributed by atoms with E-state index in [4.69, 9.17) is 8.60 Å². The Labute approximate surface area is 182 Å². The number of hydrogen-bond acceptors (Lipinski definition) is 5. The fraction of sp³-hybridized carbons (Fsp3) is 0.160. The standard InChI is InChI=1S/C25H23NO4S/c1-18-11-13-20(14-12-18)31(27,28)30-16-15-24-25(29-17-26-24)23-10-6-5-9-22(23)21-8-4-3-7-19(21)2/h3-14,17H,15-16H2,1-2H3. The third-order valence-corrected chi connectivity index (χ3v) is 6.46. The summed E-state index contributed by atoms with van der Waals surface area (Å²) in [6, 6.07) is 22.7. The van der Waals surface area contributed by atoms with Gasteiger partial charge in [0.2, 0.25) is 0 Å². The highest BCUT2D eigenvalue weighted by Crippen LogP contribution is 2.35. The van der Waals surface area contributed by atoms with Gasteiger partial charge in [0.1, 0.15) is 0 Å². The molecule has 0 fully saturated rings. The van der Waals surface area contributed by atoms with Crippen LogP contribution in [-0.2, 0) is 20.7 Å². The Hall–Kier alpha value is -3.22. The van der Waals surface area contributed by atoms with Gasteiger partial charge in [0, 0.05) is 12.0 Å². The van der Waals surface area contributed by atoms with Crippen LogP contribution in [0.1, 0.15) is 16.8 Å². The molecule has 0 spiro atoms. The molecule has 4 aromatic rings. The van der Waals surface area contributed by atoms with Crippen LogP contribution in [0.5, 0.6) is 0 Å². The molecular formula is C25H23NO4S. The molecule has 0 saturated carbocycles. The van der Waals surface area contributed by atoms with E-state index in [1.165, 1.54) is 6.39 Å². The quantitative estimate of drug-likeness (QED) is 0.356. The second-order valence-electron chi connectivity index (χ2n) is 7.33.